The average Bonchev–Trinajstić information content (AvgIpc) is 3.72. The number of Topliss-reactive ketones (excluding diaryl/α,β-unsaturated/α-hetero) is 1. The number of benzene rings is 1. The monoisotopic (exact) mass is 503 g/mol. The first-order chi connectivity index (χ1) is 17.7. The minimum atomic E-state index is -0.579. The number of alkyl carbamates (subject to hydrolysis) is 1. The van der Waals surface area contributed by atoms with Gasteiger partial charge in [0.15, 0.2) is 5.78 Å². The van der Waals surface area contributed by atoms with E-state index in [1.165, 1.54) is 6.07 Å². The maximum absolute atomic E-state index is 14.3. The normalized spacial score (nSPS) is 20.0. The summed E-state index contributed by atoms with van der Waals surface area (Å²) in [6, 6.07) is 11.0. The lowest BCUT2D eigenvalue weighted by atomic mass is 9.75. The lowest BCUT2D eigenvalue weighted by Gasteiger charge is -2.29. The standard InChI is InChI=1S/C30H34FN3O3/c1-30(2,3)37-29(36)33-17-21-13-14-23(19-7-8-19)27(34-21)28(35)20-11-9-18(10-12-20)22-15-16-32-26-24(22)5-4-6-25(26)31/h4-6,13-16,18-20H,7-12,17H2,1-3H3,(H,33,36). The highest BCUT2D eigenvalue weighted by Crippen LogP contribution is 2.44. The van der Waals surface area contributed by atoms with Gasteiger partial charge in [0.25, 0.3) is 0 Å². The first kappa shape index (κ1) is 25.3. The molecule has 6 nitrogen and oxygen atoms in total. The van der Waals surface area contributed by atoms with Crippen LogP contribution >= 0.6 is 0 Å². The summed E-state index contributed by atoms with van der Waals surface area (Å²) < 4.78 is 19.6. The lowest BCUT2D eigenvalue weighted by molar-refractivity contribution is 0.0523. The van der Waals surface area contributed by atoms with Crippen LogP contribution in [-0.2, 0) is 11.3 Å². The molecule has 0 aliphatic heterocycles. The topological polar surface area (TPSA) is 81.2 Å². The van der Waals surface area contributed by atoms with Crippen molar-refractivity contribution in [2.24, 2.45) is 5.92 Å². The largest absolute Gasteiger partial charge is 0.444 e. The number of nitrogens with zero attached hydrogens (tertiary/aromatic N) is 2. The maximum atomic E-state index is 14.3. The molecular formula is C30H34FN3O3. The number of fused-ring (bicyclic) bond motifs is 1. The van der Waals surface area contributed by atoms with Crippen LogP contribution in [0, 0.1) is 11.7 Å². The second kappa shape index (κ2) is 10.2. The molecule has 1 N–H and O–H groups in total. The Labute approximate surface area is 217 Å². The molecule has 2 heterocycles. The highest BCUT2D eigenvalue weighted by Gasteiger charge is 2.34. The number of ether oxygens (including phenoxy) is 1. The molecule has 0 spiro atoms. The summed E-state index contributed by atoms with van der Waals surface area (Å²) in [7, 11) is 0. The van der Waals surface area contributed by atoms with E-state index in [-0.39, 0.29) is 30.0 Å². The molecule has 1 aromatic carbocycles. The van der Waals surface area contributed by atoms with E-state index in [9.17, 15) is 14.0 Å². The molecule has 2 aromatic heterocycles. The van der Waals surface area contributed by atoms with E-state index < -0.39 is 11.7 Å². The molecule has 5 rings (SSSR count). The predicted octanol–water partition coefficient (Wildman–Crippen LogP) is 6.83. The molecule has 7 heteroatoms. The number of para-hydroxylation sites is 1. The predicted molar refractivity (Wildman–Crippen MR) is 140 cm³/mol. The van der Waals surface area contributed by atoms with Gasteiger partial charge < -0.3 is 10.1 Å². The lowest BCUT2D eigenvalue weighted by Crippen LogP contribution is -2.32. The van der Waals surface area contributed by atoms with E-state index in [0.29, 0.717) is 22.8 Å². The van der Waals surface area contributed by atoms with Crippen molar-refractivity contribution >= 4 is 22.8 Å². The van der Waals surface area contributed by atoms with E-state index in [1.54, 1.807) is 12.3 Å². The van der Waals surface area contributed by atoms with Crippen molar-refractivity contribution in [3.63, 3.8) is 0 Å². The summed E-state index contributed by atoms with van der Waals surface area (Å²) in [5, 5.41) is 3.60. The number of carbonyl (C=O) groups is 2. The molecule has 1 amide bonds. The van der Waals surface area contributed by atoms with Crippen molar-refractivity contribution in [1.82, 2.24) is 15.3 Å². The van der Waals surface area contributed by atoms with Gasteiger partial charge in [-0.3, -0.25) is 9.78 Å². The van der Waals surface area contributed by atoms with Gasteiger partial charge in [0, 0.05) is 17.5 Å². The number of nitrogens with one attached hydrogen (secondary N) is 1. The van der Waals surface area contributed by atoms with E-state index >= 15 is 0 Å². The van der Waals surface area contributed by atoms with E-state index in [2.05, 4.69) is 10.3 Å². The highest BCUT2D eigenvalue weighted by atomic mass is 19.1. The van der Waals surface area contributed by atoms with Crippen LogP contribution in [0.2, 0.25) is 0 Å². The molecule has 0 bridgehead atoms. The maximum Gasteiger partial charge on any atom is 0.407 e. The second-order valence-corrected chi connectivity index (χ2v) is 11.3. The van der Waals surface area contributed by atoms with Crippen molar-refractivity contribution in [1.29, 1.82) is 0 Å². The third-order valence-corrected chi connectivity index (χ3v) is 7.34. The highest BCUT2D eigenvalue weighted by molar-refractivity contribution is 5.98. The van der Waals surface area contributed by atoms with Crippen LogP contribution in [0.1, 0.15) is 98.4 Å². The van der Waals surface area contributed by atoms with Crippen LogP contribution in [-0.4, -0.2) is 27.4 Å². The first-order valence-electron chi connectivity index (χ1n) is 13.2. The van der Waals surface area contributed by atoms with Gasteiger partial charge in [0.2, 0.25) is 0 Å². The van der Waals surface area contributed by atoms with Crippen LogP contribution in [0.3, 0.4) is 0 Å². The minimum absolute atomic E-state index is 0.0832. The van der Waals surface area contributed by atoms with Crippen LogP contribution in [0.5, 0.6) is 0 Å². The fourth-order valence-electron chi connectivity index (χ4n) is 5.38. The molecule has 0 atom stereocenters. The van der Waals surface area contributed by atoms with Gasteiger partial charge in [-0.25, -0.2) is 14.2 Å². The number of hydrogen-bond donors (Lipinski definition) is 1. The summed E-state index contributed by atoms with van der Waals surface area (Å²) in [4.78, 5) is 34.7. The SMILES string of the molecule is CC(C)(C)OC(=O)NCc1ccc(C2CC2)c(C(=O)C2CCC(c3ccnc4c(F)cccc34)CC2)n1. The Morgan fingerprint density at radius 3 is 2.38 bits per heavy atom. The molecule has 2 saturated carbocycles. The fourth-order valence-corrected chi connectivity index (χ4v) is 5.38. The number of ketones is 1. The van der Waals surface area contributed by atoms with Crippen molar-refractivity contribution in [2.75, 3.05) is 0 Å². The van der Waals surface area contributed by atoms with Crippen molar-refractivity contribution in [3.8, 4) is 0 Å². The molecule has 2 fully saturated rings. The van der Waals surface area contributed by atoms with Gasteiger partial charge in [0.05, 0.1) is 12.2 Å². The molecule has 3 aromatic rings. The first-order valence-corrected chi connectivity index (χ1v) is 13.2. The molecule has 2 aliphatic carbocycles. The van der Waals surface area contributed by atoms with Gasteiger partial charge in [-0.15, -0.1) is 0 Å². The summed E-state index contributed by atoms with van der Waals surface area (Å²) in [6.45, 7) is 5.65. The summed E-state index contributed by atoms with van der Waals surface area (Å²) >= 11 is 0. The zero-order valence-electron chi connectivity index (χ0n) is 21.7. The van der Waals surface area contributed by atoms with E-state index in [0.717, 1.165) is 55.0 Å². The average molecular weight is 504 g/mol. The Morgan fingerprint density at radius 1 is 0.973 bits per heavy atom. The zero-order chi connectivity index (χ0) is 26.2. The molecule has 194 valence electrons. The Kier molecular flexibility index (Phi) is 6.97. The summed E-state index contributed by atoms with van der Waals surface area (Å²) in [5.41, 5.74) is 3.19. The van der Waals surface area contributed by atoms with Crippen LogP contribution in [0.25, 0.3) is 10.9 Å². The molecule has 0 saturated heterocycles. The van der Waals surface area contributed by atoms with Crippen LogP contribution in [0.15, 0.2) is 42.6 Å². The van der Waals surface area contributed by atoms with Crippen LogP contribution < -0.4 is 5.32 Å². The van der Waals surface area contributed by atoms with Crippen molar-refractivity contribution < 1.29 is 18.7 Å². The van der Waals surface area contributed by atoms with Crippen molar-refractivity contribution in [3.05, 3.63) is 70.9 Å². The molecule has 37 heavy (non-hydrogen) atoms. The fraction of sp³-hybridized carbons (Fsp3) is 0.467. The van der Waals surface area contributed by atoms with Gasteiger partial charge in [-0.05, 0) is 100 Å². The summed E-state index contributed by atoms with van der Waals surface area (Å²) in [6.07, 6.45) is 6.61. The van der Waals surface area contributed by atoms with Gasteiger partial charge in [-0.1, -0.05) is 18.2 Å². The number of rotatable bonds is 6. The van der Waals surface area contributed by atoms with Gasteiger partial charge in [0.1, 0.15) is 22.6 Å². The molecule has 2 aliphatic rings. The van der Waals surface area contributed by atoms with E-state index in [4.69, 9.17) is 9.72 Å². The number of aromatic nitrogens is 2. The Bertz CT molecular complexity index is 1320. The molecular weight excluding hydrogens is 469 g/mol. The number of carbonyl (C=O) groups excluding carboxylic acids is 2. The second-order valence-electron chi connectivity index (χ2n) is 11.3. The van der Waals surface area contributed by atoms with Gasteiger partial charge >= 0.3 is 6.09 Å². The Hall–Kier alpha value is -3.35. The molecule has 0 unspecified atom stereocenters. The smallest absolute Gasteiger partial charge is 0.407 e. The zero-order valence-corrected chi connectivity index (χ0v) is 21.7. The minimum Gasteiger partial charge on any atom is -0.444 e. The summed E-state index contributed by atoms with van der Waals surface area (Å²) in [5.74, 6) is 0.387. The quantitative estimate of drug-likeness (QED) is 0.373. The number of amides is 1. The van der Waals surface area contributed by atoms with Crippen molar-refractivity contribution in [2.45, 2.75) is 83.3 Å². The number of pyridine rings is 2. The number of hydrogen-bond acceptors (Lipinski definition) is 5. The van der Waals surface area contributed by atoms with Crippen LogP contribution in [0.4, 0.5) is 9.18 Å². The number of halogens is 1. The van der Waals surface area contributed by atoms with E-state index in [1.807, 2.05) is 45.0 Å². The third kappa shape index (κ3) is 5.81. The van der Waals surface area contributed by atoms with Gasteiger partial charge in [-0.2, -0.15) is 0 Å². The molecule has 0 radical (unpaired) electrons. The third-order valence-electron chi connectivity index (χ3n) is 7.34. The Balaban J connectivity index is 1.29. The Morgan fingerprint density at radius 2 is 1.68 bits per heavy atom.